The molecule has 2 amide bonds. The zero-order valence-corrected chi connectivity index (χ0v) is 31.4. The molecule has 13 nitrogen and oxygen atoms in total. The first-order chi connectivity index (χ1) is 25.0. The maximum Gasteiger partial charge on any atom is 0.411 e. The van der Waals surface area contributed by atoms with Crippen molar-refractivity contribution in [3.05, 3.63) is 106 Å². The standard InChI is InChI=1S/C35H40N4O7.C3H6O.C2H6O/c1-21-7-13-27(17-26(21)19-39(6)34(44)46-35(3,4)5)38-33(43)45-20-22(2)23-8-10-25(11-9-23)30(32(41)42)37-28-14-12-24-15-16-36-31(40)29(24)18-28;4-3-1-2-3;1-2-3/h7-18,22,30,37H,19-20H2,1-6H3,(H,36,40)(H,38,43)(H,41,42);3-4H,1-2H2;3H,2H2,1H3/t22-,30?;;/m0../s1. The molecule has 286 valence electrons. The van der Waals surface area contributed by atoms with Crippen LogP contribution in [0, 0.1) is 6.92 Å². The Hall–Kier alpha value is -5.40. The van der Waals surface area contributed by atoms with Crippen molar-refractivity contribution in [1.82, 2.24) is 9.88 Å². The average Bonchev–Trinajstić information content (AvgIpc) is 3.89. The van der Waals surface area contributed by atoms with Crippen LogP contribution in [0.1, 0.15) is 81.7 Å². The van der Waals surface area contributed by atoms with E-state index < -0.39 is 29.8 Å². The summed E-state index contributed by atoms with van der Waals surface area (Å²) in [4.78, 5) is 53.4. The summed E-state index contributed by atoms with van der Waals surface area (Å²) < 4.78 is 10.9. The molecule has 0 spiro atoms. The molecule has 5 rings (SSSR count). The van der Waals surface area contributed by atoms with Gasteiger partial charge in [-0.05, 0) is 105 Å². The third kappa shape index (κ3) is 13.9. The Bertz CT molecular complexity index is 1880. The number of aromatic nitrogens is 1. The highest BCUT2D eigenvalue weighted by atomic mass is 16.6. The number of carboxylic acid groups (broad SMARTS) is 1. The largest absolute Gasteiger partial charge is 0.479 e. The molecule has 1 saturated carbocycles. The molecule has 1 aliphatic carbocycles. The molecular weight excluding hydrogens is 680 g/mol. The Morgan fingerprint density at radius 2 is 1.58 bits per heavy atom. The van der Waals surface area contributed by atoms with E-state index in [1.54, 1.807) is 80.8 Å². The molecule has 1 heterocycles. The van der Waals surface area contributed by atoms with E-state index in [0.717, 1.165) is 34.9 Å². The molecule has 1 aromatic heterocycles. The number of carbonyl (C=O) groups is 3. The van der Waals surface area contributed by atoms with Gasteiger partial charge in [-0.1, -0.05) is 43.3 Å². The van der Waals surface area contributed by atoms with Gasteiger partial charge in [0, 0.05) is 49.1 Å². The Balaban J connectivity index is 0.000000979. The highest BCUT2D eigenvalue weighted by molar-refractivity contribution is 5.87. The van der Waals surface area contributed by atoms with Gasteiger partial charge in [-0.2, -0.15) is 0 Å². The first-order valence-corrected chi connectivity index (χ1v) is 17.5. The number of carboxylic acids is 1. The van der Waals surface area contributed by atoms with Crippen LogP contribution in [0.2, 0.25) is 0 Å². The van der Waals surface area contributed by atoms with E-state index in [4.69, 9.17) is 19.7 Å². The summed E-state index contributed by atoms with van der Waals surface area (Å²) >= 11 is 0. The predicted molar refractivity (Wildman–Crippen MR) is 205 cm³/mol. The zero-order valence-electron chi connectivity index (χ0n) is 31.4. The summed E-state index contributed by atoms with van der Waals surface area (Å²) in [6.45, 7) is 11.6. The van der Waals surface area contributed by atoms with Crippen molar-refractivity contribution in [3.8, 4) is 0 Å². The summed E-state index contributed by atoms with van der Waals surface area (Å²) in [5.41, 5.74) is 3.37. The van der Waals surface area contributed by atoms with Crippen LogP contribution in [-0.2, 0) is 20.8 Å². The molecule has 1 unspecified atom stereocenters. The number of rotatable bonds is 10. The van der Waals surface area contributed by atoms with E-state index in [9.17, 15) is 24.3 Å². The third-order valence-electron chi connectivity index (χ3n) is 7.89. The molecule has 2 atom stereocenters. The number of carbonyl (C=O) groups excluding carboxylic acids is 2. The van der Waals surface area contributed by atoms with E-state index in [1.165, 1.54) is 4.90 Å². The lowest BCUT2D eigenvalue weighted by Gasteiger charge is -2.25. The second kappa shape index (κ2) is 19.4. The SMILES string of the molecule is CCO.Cc1ccc(NC(=O)OC[C@H](C)c2ccc(C(Nc3ccc4cc[nH]c(=O)c4c3)C(=O)O)cc2)cc1CN(C)C(=O)OC(C)(C)C.OC1CC1. The van der Waals surface area contributed by atoms with Gasteiger partial charge in [-0.3, -0.25) is 10.1 Å². The number of hydrogen-bond acceptors (Lipinski definition) is 9. The molecule has 0 saturated heterocycles. The second-order valence-electron chi connectivity index (χ2n) is 13.8. The van der Waals surface area contributed by atoms with Gasteiger partial charge in [0.05, 0.1) is 12.7 Å². The Kier molecular flexibility index (Phi) is 15.4. The number of anilines is 2. The van der Waals surface area contributed by atoms with Crippen molar-refractivity contribution in [2.24, 2.45) is 0 Å². The Morgan fingerprint density at radius 3 is 2.17 bits per heavy atom. The number of nitrogens with zero attached hydrogens (tertiary/aromatic N) is 1. The van der Waals surface area contributed by atoms with Crippen molar-refractivity contribution in [3.63, 3.8) is 0 Å². The number of hydrogen-bond donors (Lipinski definition) is 6. The van der Waals surface area contributed by atoms with Gasteiger partial charge in [-0.15, -0.1) is 0 Å². The smallest absolute Gasteiger partial charge is 0.411 e. The number of aliphatic hydroxyl groups is 2. The predicted octanol–water partition coefficient (Wildman–Crippen LogP) is 6.93. The Morgan fingerprint density at radius 1 is 0.981 bits per heavy atom. The van der Waals surface area contributed by atoms with Crippen LogP contribution < -0.4 is 16.2 Å². The molecule has 6 N–H and O–H groups in total. The van der Waals surface area contributed by atoms with Crippen molar-refractivity contribution < 1.29 is 39.2 Å². The zero-order chi connectivity index (χ0) is 39.3. The Labute approximate surface area is 310 Å². The van der Waals surface area contributed by atoms with E-state index in [-0.39, 0.29) is 30.8 Å². The van der Waals surface area contributed by atoms with Crippen LogP contribution in [0.15, 0.2) is 77.7 Å². The van der Waals surface area contributed by atoms with E-state index in [2.05, 4.69) is 15.6 Å². The maximum atomic E-state index is 12.6. The molecular formula is C40H52N4O9. The monoisotopic (exact) mass is 732 g/mol. The number of aromatic amines is 1. The maximum absolute atomic E-state index is 12.6. The molecule has 1 aliphatic rings. The summed E-state index contributed by atoms with van der Waals surface area (Å²) in [5.74, 6) is -1.24. The number of amides is 2. The summed E-state index contributed by atoms with van der Waals surface area (Å²) in [6, 6.07) is 18.3. The fourth-order valence-corrected chi connectivity index (χ4v) is 4.85. The lowest BCUT2D eigenvalue weighted by atomic mass is 9.98. The minimum Gasteiger partial charge on any atom is -0.479 e. The molecule has 53 heavy (non-hydrogen) atoms. The molecule has 1 fully saturated rings. The van der Waals surface area contributed by atoms with Crippen molar-refractivity contribution in [2.45, 2.75) is 84.6 Å². The number of ether oxygens (including phenoxy) is 2. The summed E-state index contributed by atoms with van der Waals surface area (Å²) in [7, 11) is 1.66. The van der Waals surface area contributed by atoms with Crippen LogP contribution >= 0.6 is 0 Å². The van der Waals surface area contributed by atoms with E-state index in [1.807, 2.05) is 40.7 Å². The molecule has 0 aliphatic heterocycles. The molecule has 13 heteroatoms. The number of aliphatic hydroxyl groups excluding tert-OH is 2. The topological polar surface area (TPSA) is 191 Å². The van der Waals surface area contributed by atoms with E-state index in [0.29, 0.717) is 28.9 Å². The third-order valence-corrected chi connectivity index (χ3v) is 7.89. The second-order valence-corrected chi connectivity index (χ2v) is 13.8. The van der Waals surface area contributed by atoms with Crippen molar-refractivity contribution in [2.75, 3.05) is 30.9 Å². The summed E-state index contributed by atoms with van der Waals surface area (Å²) in [6.07, 6.45) is 2.67. The molecule has 3 aromatic carbocycles. The number of aryl methyl sites for hydroxylation is 1. The van der Waals surface area contributed by atoms with Gasteiger partial charge in [0.25, 0.3) is 5.56 Å². The first kappa shape index (κ1) is 42.0. The van der Waals surface area contributed by atoms with Crippen molar-refractivity contribution >= 4 is 40.3 Å². The van der Waals surface area contributed by atoms with Crippen LogP contribution in [-0.4, -0.2) is 75.3 Å². The number of fused-ring (bicyclic) bond motifs is 1. The van der Waals surface area contributed by atoms with Gasteiger partial charge < -0.3 is 40.0 Å². The van der Waals surface area contributed by atoms with Gasteiger partial charge >= 0.3 is 18.2 Å². The lowest BCUT2D eigenvalue weighted by molar-refractivity contribution is -0.138. The van der Waals surface area contributed by atoms with Crippen LogP contribution in [0.3, 0.4) is 0 Å². The van der Waals surface area contributed by atoms with Crippen LogP contribution in [0.5, 0.6) is 0 Å². The number of nitrogens with one attached hydrogen (secondary N) is 3. The minimum atomic E-state index is -1.07. The van der Waals surface area contributed by atoms with Gasteiger partial charge in [0.1, 0.15) is 5.60 Å². The number of H-pyrrole nitrogens is 1. The highest BCUT2D eigenvalue weighted by Crippen LogP contribution is 2.25. The molecule has 0 bridgehead atoms. The first-order valence-electron chi connectivity index (χ1n) is 17.5. The number of benzene rings is 3. The van der Waals surface area contributed by atoms with Gasteiger partial charge in [0.2, 0.25) is 0 Å². The fraction of sp³-hybridized carbons (Fsp3) is 0.400. The normalized spacial score (nSPS) is 13.2. The number of pyridine rings is 1. The molecule has 0 radical (unpaired) electrons. The highest BCUT2D eigenvalue weighted by Gasteiger charge is 2.22. The lowest BCUT2D eigenvalue weighted by Crippen LogP contribution is -2.34. The quantitative estimate of drug-likeness (QED) is 0.0997. The van der Waals surface area contributed by atoms with Crippen LogP contribution in [0.4, 0.5) is 21.0 Å². The number of aliphatic carboxylic acids is 1. The summed E-state index contributed by atoms with van der Waals surface area (Å²) in [5, 5.41) is 32.6. The van der Waals surface area contributed by atoms with Gasteiger partial charge in [0.15, 0.2) is 6.04 Å². The average molecular weight is 733 g/mol. The minimum absolute atomic E-state index is 0.0833. The van der Waals surface area contributed by atoms with Crippen molar-refractivity contribution in [1.29, 1.82) is 0 Å². The van der Waals surface area contributed by atoms with E-state index >= 15 is 0 Å². The van der Waals surface area contributed by atoms with Gasteiger partial charge in [-0.25, -0.2) is 14.4 Å². The van der Waals surface area contributed by atoms with Crippen LogP contribution in [0.25, 0.3) is 10.8 Å². The fourth-order valence-electron chi connectivity index (χ4n) is 4.85. The molecule has 4 aromatic rings.